The lowest BCUT2D eigenvalue weighted by Crippen LogP contribution is -2.27. The molecule has 1 heterocycles. The SMILES string of the molecule is COc1ccc(C(CC(=O)NCCCO)c2c(O)cc3c(c2O)C(=O)O[C@@H](C)CCCC(=O)CCC/C=C/3)cc1. The highest BCUT2D eigenvalue weighted by atomic mass is 16.5. The topological polar surface area (TPSA) is 142 Å². The minimum Gasteiger partial charge on any atom is -0.507 e. The van der Waals surface area contributed by atoms with Crippen LogP contribution in [-0.4, -0.2) is 59.3 Å². The lowest BCUT2D eigenvalue weighted by Gasteiger charge is -2.23. The molecule has 1 aliphatic heterocycles. The maximum Gasteiger partial charge on any atom is 0.342 e. The molecule has 0 aliphatic carbocycles. The minimum absolute atomic E-state index is 0.0333. The summed E-state index contributed by atoms with van der Waals surface area (Å²) in [4.78, 5) is 38.3. The maximum absolute atomic E-state index is 13.4. The summed E-state index contributed by atoms with van der Waals surface area (Å²) in [5, 5.41) is 34.5. The fraction of sp³-hybridized carbons (Fsp3) is 0.452. The largest absolute Gasteiger partial charge is 0.507 e. The Bertz CT molecular complexity index is 1200. The number of carbonyl (C=O) groups excluding carboxylic acids is 3. The molecule has 9 nitrogen and oxygen atoms in total. The number of nitrogens with one attached hydrogen (secondary N) is 1. The molecule has 40 heavy (non-hydrogen) atoms. The van der Waals surface area contributed by atoms with Crippen molar-refractivity contribution in [2.75, 3.05) is 20.3 Å². The van der Waals surface area contributed by atoms with Gasteiger partial charge in [-0.25, -0.2) is 4.79 Å². The van der Waals surface area contributed by atoms with Gasteiger partial charge >= 0.3 is 5.97 Å². The van der Waals surface area contributed by atoms with E-state index in [9.17, 15) is 24.6 Å². The van der Waals surface area contributed by atoms with Gasteiger partial charge in [-0.1, -0.05) is 24.3 Å². The molecule has 0 aromatic heterocycles. The van der Waals surface area contributed by atoms with Crippen LogP contribution in [0.2, 0.25) is 0 Å². The van der Waals surface area contributed by atoms with Crippen LogP contribution in [0.3, 0.4) is 0 Å². The second-order valence-electron chi connectivity index (χ2n) is 10.0. The predicted octanol–water partition coefficient (Wildman–Crippen LogP) is 4.61. The van der Waals surface area contributed by atoms with Crippen LogP contribution in [0.25, 0.3) is 6.08 Å². The summed E-state index contributed by atoms with van der Waals surface area (Å²) in [6.07, 6.45) is 6.41. The third-order valence-electron chi connectivity index (χ3n) is 6.96. The lowest BCUT2D eigenvalue weighted by molar-refractivity contribution is -0.121. The van der Waals surface area contributed by atoms with Crippen molar-refractivity contribution in [3.8, 4) is 17.2 Å². The third-order valence-corrected chi connectivity index (χ3v) is 6.96. The van der Waals surface area contributed by atoms with Crippen LogP contribution < -0.4 is 10.1 Å². The lowest BCUT2D eigenvalue weighted by atomic mass is 9.84. The molecule has 0 radical (unpaired) electrons. The van der Waals surface area contributed by atoms with Crippen LogP contribution >= 0.6 is 0 Å². The van der Waals surface area contributed by atoms with Gasteiger partial charge in [0.05, 0.1) is 13.2 Å². The highest BCUT2D eigenvalue weighted by molar-refractivity contribution is 5.98. The Morgan fingerprint density at radius 3 is 2.58 bits per heavy atom. The normalized spacial score (nSPS) is 18.1. The molecule has 9 heteroatoms. The van der Waals surface area contributed by atoms with Crippen LogP contribution in [0.1, 0.15) is 91.3 Å². The summed E-state index contributed by atoms with van der Waals surface area (Å²) in [5.41, 5.74) is 0.834. The van der Waals surface area contributed by atoms with Gasteiger partial charge in [-0.05, 0) is 68.4 Å². The van der Waals surface area contributed by atoms with Gasteiger partial charge in [0, 0.05) is 43.9 Å². The fourth-order valence-electron chi connectivity index (χ4n) is 4.81. The number of aliphatic hydroxyl groups is 1. The van der Waals surface area contributed by atoms with Gasteiger partial charge in [0.1, 0.15) is 28.6 Å². The number of phenolic OH excluding ortho intramolecular Hbond substituents is 2. The van der Waals surface area contributed by atoms with E-state index in [1.807, 2.05) is 0 Å². The molecule has 2 aromatic carbocycles. The number of aliphatic hydroxyl groups excluding tert-OH is 1. The predicted molar refractivity (Wildman–Crippen MR) is 151 cm³/mol. The Kier molecular flexibility index (Phi) is 11.6. The number of ether oxygens (including phenoxy) is 2. The van der Waals surface area contributed by atoms with Crippen molar-refractivity contribution < 1.29 is 39.2 Å². The molecule has 3 rings (SSSR count). The van der Waals surface area contributed by atoms with Gasteiger partial charge in [-0.2, -0.15) is 0 Å². The zero-order chi connectivity index (χ0) is 29.1. The molecule has 0 saturated heterocycles. The smallest absolute Gasteiger partial charge is 0.342 e. The number of ketones is 1. The van der Waals surface area contributed by atoms with Gasteiger partial charge in [0.15, 0.2) is 0 Å². The van der Waals surface area contributed by atoms with E-state index in [-0.39, 0.29) is 53.7 Å². The number of hydrogen-bond donors (Lipinski definition) is 4. The number of esters is 1. The number of hydrogen-bond acceptors (Lipinski definition) is 8. The number of Topliss-reactive ketones (excluding diaryl/α,β-unsaturated/α-hetero) is 1. The maximum atomic E-state index is 13.4. The van der Waals surface area contributed by atoms with Crippen molar-refractivity contribution in [3.05, 3.63) is 58.7 Å². The number of cyclic esters (lactones) is 1. The zero-order valence-electron chi connectivity index (χ0n) is 23.2. The fourth-order valence-corrected chi connectivity index (χ4v) is 4.81. The molecule has 1 amide bonds. The summed E-state index contributed by atoms with van der Waals surface area (Å²) >= 11 is 0. The van der Waals surface area contributed by atoms with Crippen molar-refractivity contribution >= 4 is 23.7 Å². The van der Waals surface area contributed by atoms with E-state index in [0.29, 0.717) is 56.3 Å². The molecule has 2 atom stereocenters. The van der Waals surface area contributed by atoms with Crippen LogP contribution in [0.4, 0.5) is 0 Å². The van der Waals surface area contributed by atoms with E-state index in [2.05, 4.69) is 5.32 Å². The van der Waals surface area contributed by atoms with Gasteiger partial charge in [-0.3, -0.25) is 9.59 Å². The average molecular weight is 554 g/mol. The van der Waals surface area contributed by atoms with E-state index in [4.69, 9.17) is 14.6 Å². The molecule has 1 aliphatic rings. The third kappa shape index (κ3) is 8.32. The number of allylic oxidation sites excluding steroid dienone is 1. The van der Waals surface area contributed by atoms with Crippen molar-refractivity contribution in [2.24, 2.45) is 0 Å². The Labute approximate surface area is 234 Å². The summed E-state index contributed by atoms with van der Waals surface area (Å²) in [7, 11) is 1.53. The number of phenols is 2. The van der Waals surface area contributed by atoms with Crippen molar-refractivity contribution in [1.82, 2.24) is 5.32 Å². The zero-order valence-corrected chi connectivity index (χ0v) is 23.2. The standard InChI is InChI=1S/C31H39NO8/c1-20-8-6-11-23(34)10-5-3-4-9-22-18-26(35)29(30(37)28(22)31(38)40-20)25(19-27(36)32-16-7-17-33)21-12-14-24(39-2)15-13-21/h4,9,12-15,18,20,25,33,35,37H,3,5-8,10-11,16-17,19H2,1-2H3,(H,32,36)/b9-4+/t20-,25?/m0/s1. The first-order valence-electron chi connectivity index (χ1n) is 13.7. The molecule has 0 spiro atoms. The number of fused-ring (bicyclic) bond motifs is 1. The number of rotatable bonds is 8. The van der Waals surface area contributed by atoms with Crippen molar-refractivity contribution in [3.63, 3.8) is 0 Å². The first-order chi connectivity index (χ1) is 19.2. The number of amides is 1. The van der Waals surface area contributed by atoms with Gasteiger partial charge in [-0.15, -0.1) is 0 Å². The first-order valence-corrected chi connectivity index (χ1v) is 13.7. The van der Waals surface area contributed by atoms with Crippen molar-refractivity contribution in [1.29, 1.82) is 0 Å². The van der Waals surface area contributed by atoms with Gasteiger partial charge in [0.2, 0.25) is 5.91 Å². The number of benzene rings is 2. The van der Waals surface area contributed by atoms with Crippen LogP contribution in [0.5, 0.6) is 17.2 Å². The quantitative estimate of drug-likeness (QED) is 0.274. The summed E-state index contributed by atoms with van der Waals surface area (Å²) in [6.45, 7) is 1.94. The first kappa shape index (κ1) is 30.7. The second-order valence-corrected chi connectivity index (χ2v) is 10.0. The Morgan fingerprint density at radius 2 is 1.88 bits per heavy atom. The highest BCUT2D eigenvalue weighted by Gasteiger charge is 2.30. The van der Waals surface area contributed by atoms with E-state index in [1.54, 1.807) is 43.3 Å². The summed E-state index contributed by atoms with van der Waals surface area (Å²) in [6, 6.07) is 8.28. The minimum atomic E-state index is -0.807. The van der Waals surface area contributed by atoms with Gasteiger partial charge in [0.25, 0.3) is 0 Å². The monoisotopic (exact) mass is 553 g/mol. The highest BCUT2D eigenvalue weighted by Crippen LogP contribution is 2.44. The van der Waals surface area contributed by atoms with E-state index in [1.165, 1.54) is 13.2 Å². The molecule has 4 N–H and O–H groups in total. The molecule has 0 fully saturated rings. The Hall–Kier alpha value is -3.85. The number of carbonyl (C=O) groups is 3. The van der Waals surface area contributed by atoms with Crippen molar-refractivity contribution in [2.45, 2.75) is 70.3 Å². The van der Waals surface area contributed by atoms with Gasteiger partial charge < -0.3 is 30.1 Å². The Morgan fingerprint density at radius 1 is 1.15 bits per heavy atom. The van der Waals surface area contributed by atoms with Crippen LogP contribution in [-0.2, 0) is 14.3 Å². The second kappa shape index (κ2) is 15.1. The summed E-state index contributed by atoms with van der Waals surface area (Å²) < 4.78 is 10.9. The van der Waals surface area contributed by atoms with E-state index < -0.39 is 23.7 Å². The molecular weight excluding hydrogens is 514 g/mol. The Balaban J connectivity index is 2.09. The van der Waals surface area contributed by atoms with Crippen LogP contribution in [0, 0.1) is 0 Å². The molecule has 1 unspecified atom stereocenters. The van der Waals surface area contributed by atoms with E-state index in [0.717, 1.165) is 0 Å². The van der Waals surface area contributed by atoms with Crippen LogP contribution in [0.15, 0.2) is 36.4 Å². The number of methoxy groups -OCH3 is 1. The average Bonchev–Trinajstić information content (AvgIpc) is 2.91. The molecule has 216 valence electrons. The molecular formula is C31H39NO8. The molecule has 2 aromatic rings. The molecule has 0 saturated carbocycles. The molecule has 0 bridgehead atoms. The van der Waals surface area contributed by atoms with E-state index >= 15 is 0 Å². The number of aromatic hydroxyl groups is 2. The summed E-state index contributed by atoms with van der Waals surface area (Å²) in [5.74, 6) is -1.87.